The Morgan fingerprint density at radius 3 is 3.16 bits per heavy atom. The van der Waals surface area contributed by atoms with Gasteiger partial charge in [0.05, 0.1) is 24.0 Å². The Hall–Kier alpha value is -1.09. The summed E-state index contributed by atoms with van der Waals surface area (Å²) in [7, 11) is 0. The second-order valence-corrected chi connectivity index (χ2v) is 5.35. The van der Waals surface area contributed by atoms with Gasteiger partial charge >= 0.3 is 0 Å². The first-order valence-corrected chi connectivity index (χ1v) is 7.22. The van der Waals surface area contributed by atoms with E-state index in [1.807, 2.05) is 18.2 Å². The van der Waals surface area contributed by atoms with E-state index in [4.69, 9.17) is 14.7 Å². The molecule has 0 amide bonds. The van der Waals surface area contributed by atoms with E-state index in [0.717, 1.165) is 49.4 Å². The molecule has 1 saturated heterocycles. The molecule has 0 saturated carbocycles. The van der Waals surface area contributed by atoms with Crippen molar-refractivity contribution < 1.29 is 9.47 Å². The Kier molecular flexibility index (Phi) is 5.64. The quantitative estimate of drug-likeness (QED) is 0.817. The molecular formula is C14H17BrN2O2. The van der Waals surface area contributed by atoms with Crippen molar-refractivity contribution in [2.45, 2.75) is 18.9 Å². The fourth-order valence-corrected chi connectivity index (χ4v) is 2.31. The van der Waals surface area contributed by atoms with Crippen LogP contribution in [0.15, 0.2) is 22.7 Å². The van der Waals surface area contributed by atoms with Crippen molar-refractivity contribution in [3.63, 3.8) is 0 Å². The van der Waals surface area contributed by atoms with Crippen molar-refractivity contribution in [3.8, 4) is 6.07 Å². The number of nitriles is 1. The minimum absolute atomic E-state index is 0.266. The number of ether oxygens (including phenoxy) is 2. The lowest BCUT2D eigenvalue weighted by Gasteiger charge is -2.11. The van der Waals surface area contributed by atoms with E-state index in [2.05, 4.69) is 27.3 Å². The van der Waals surface area contributed by atoms with E-state index < -0.39 is 0 Å². The van der Waals surface area contributed by atoms with Crippen molar-refractivity contribution >= 4 is 21.6 Å². The van der Waals surface area contributed by atoms with Crippen LogP contribution in [0.25, 0.3) is 0 Å². The van der Waals surface area contributed by atoms with Crippen molar-refractivity contribution in [1.29, 1.82) is 5.26 Å². The maximum Gasteiger partial charge on any atom is 0.101 e. The Balaban J connectivity index is 1.69. The van der Waals surface area contributed by atoms with Crippen LogP contribution in [0, 0.1) is 11.3 Å². The van der Waals surface area contributed by atoms with Crippen LogP contribution in [0.2, 0.25) is 0 Å². The molecule has 1 aliphatic heterocycles. The third-order valence-corrected chi connectivity index (χ3v) is 3.47. The lowest BCUT2D eigenvalue weighted by atomic mass is 10.2. The third kappa shape index (κ3) is 4.50. The molecule has 0 bridgehead atoms. The number of anilines is 1. The smallest absolute Gasteiger partial charge is 0.101 e. The lowest BCUT2D eigenvalue weighted by molar-refractivity contribution is 0.0427. The molecule has 0 aliphatic carbocycles. The second kappa shape index (κ2) is 7.49. The van der Waals surface area contributed by atoms with Crippen LogP contribution in [-0.4, -0.2) is 32.5 Å². The highest BCUT2D eigenvalue weighted by Crippen LogP contribution is 2.20. The normalized spacial score (nSPS) is 18.2. The zero-order valence-electron chi connectivity index (χ0n) is 10.7. The largest absolute Gasteiger partial charge is 0.384 e. The molecule has 0 aromatic heterocycles. The summed E-state index contributed by atoms with van der Waals surface area (Å²) >= 11 is 3.36. The molecule has 1 N–H and O–H groups in total. The Morgan fingerprint density at radius 2 is 2.42 bits per heavy atom. The van der Waals surface area contributed by atoms with Gasteiger partial charge in [0.1, 0.15) is 6.07 Å². The predicted octanol–water partition coefficient (Wildman–Crippen LogP) is 2.93. The van der Waals surface area contributed by atoms with Crippen LogP contribution in [-0.2, 0) is 9.47 Å². The van der Waals surface area contributed by atoms with Crippen LogP contribution in [0.4, 0.5) is 5.69 Å². The average molecular weight is 325 g/mol. The standard InChI is InChI=1S/C14H17BrN2O2/c15-12-2-3-14(11(8-12)9-16)17-5-1-6-19-13-4-7-18-10-13/h2-3,8,13,17H,1,4-7,10H2/t13-/m0/s1. The summed E-state index contributed by atoms with van der Waals surface area (Å²) in [5.74, 6) is 0. The highest BCUT2D eigenvalue weighted by Gasteiger charge is 2.15. The second-order valence-electron chi connectivity index (χ2n) is 4.44. The van der Waals surface area contributed by atoms with Gasteiger partial charge in [-0.05, 0) is 31.0 Å². The van der Waals surface area contributed by atoms with Crippen LogP contribution in [0.1, 0.15) is 18.4 Å². The molecule has 0 unspecified atom stereocenters. The molecule has 0 radical (unpaired) electrons. The van der Waals surface area contributed by atoms with E-state index in [0.29, 0.717) is 5.56 Å². The van der Waals surface area contributed by atoms with Gasteiger partial charge in [-0.25, -0.2) is 0 Å². The zero-order chi connectivity index (χ0) is 13.5. The van der Waals surface area contributed by atoms with Crippen molar-refractivity contribution in [2.75, 3.05) is 31.7 Å². The number of halogens is 1. The highest BCUT2D eigenvalue weighted by molar-refractivity contribution is 9.10. The fraction of sp³-hybridized carbons (Fsp3) is 0.500. The summed E-state index contributed by atoms with van der Waals surface area (Å²) in [4.78, 5) is 0. The first-order valence-electron chi connectivity index (χ1n) is 6.42. The molecule has 1 aliphatic rings. The summed E-state index contributed by atoms with van der Waals surface area (Å²) in [6.07, 6.45) is 2.18. The monoisotopic (exact) mass is 324 g/mol. The van der Waals surface area contributed by atoms with Crippen molar-refractivity contribution in [2.24, 2.45) is 0 Å². The van der Waals surface area contributed by atoms with Gasteiger partial charge in [-0.2, -0.15) is 5.26 Å². The third-order valence-electron chi connectivity index (χ3n) is 2.98. The summed E-state index contributed by atoms with van der Waals surface area (Å²) in [6.45, 7) is 3.05. The number of rotatable bonds is 6. The van der Waals surface area contributed by atoms with Crippen molar-refractivity contribution in [1.82, 2.24) is 0 Å². The van der Waals surface area contributed by atoms with Crippen LogP contribution >= 0.6 is 15.9 Å². The lowest BCUT2D eigenvalue weighted by Crippen LogP contribution is -2.15. The molecule has 1 aromatic carbocycles. The predicted molar refractivity (Wildman–Crippen MR) is 77.1 cm³/mol. The fourth-order valence-electron chi connectivity index (χ4n) is 1.95. The molecule has 1 heterocycles. The number of hydrogen-bond donors (Lipinski definition) is 1. The van der Waals surface area contributed by atoms with Gasteiger partial charge in [-0.3, -0.25) is 0 Å². The maximum atomic E-state index is 9.04. The first-order chi connectivity index (χ1) is 9.29. The Morgan fingerprint density at radius 1 is 1.53 bits per heavy atom. The number of benzene rings is 1. The summed E-state index contributed by atoms with van der Waals surface area (Å²) < 4.78 is 11.8. The molecular weight excluding hydrogens is 308 g/mol. The molecule has 2 rings (SSSR count). The summed E-state index contributed by atoms with van der Waals surface area (Å²) in [5, 5.41) is 12.3. The molecule has 1 atom stereocenters. The van der Waals surface area contributed by atoms with Crippen molar-refractivity contribution in [3.05, 3.63) is 28.2 Å². The van der Waals surface area contributed by atoms with Gasteiger partial charge in [0.25, 0.3) is 0 Å². The maximum absolute atomic E-state index is 9.04. The Bertz CT molecular complexity index is 453. The Labute approximate surface area is 121 Å². The summed E-state index contributed by atoms with van der Waals surface area (Å²) in [6, 6.07) is 7.83. The number of nitrogens with zero attached hydrogens (tertiary/aromatic N) is 1. The summed E-state index contributed by atoms with van der Waals surface area (Å²) in [5.41, 5.74) is 1.52. The highest BCUT2D eigenvalue weighted by atomic mass is 79.9. The minimum atomic E-state index is 0.266. The van der Waals surface area contributed by atoms with E-state index in [9.17, 15) is 0 Å². The van der Waals surface area contributed by atoms with Crippen LogP contribution in [0.5, 0.6) is 0 Å². The number of hydrogen-bond acceptors (Lipinski definition) is 4. The molecule has 4 nitrogen and oxygen atoms in total. The van der Waals surface area contributed by atoms with Gasteiger partial charge in [-0.15, -0.1) is 0 Å². The molecule has 1 fully saturated rings. The minimum Gasteiger partial charge on any atom is -0.384 e. The SMILES string of the molecule is N#Cc1cc(Br)ccc1NCCCO[C@H]1CCOC1. The van der Waals surface area contributed by atoms with Gasteiger partial charge in [0.15, 0.2) is 0 Å². The van der Waals surface area contributed by atoms with Gasteiger partial charge in [-0.1, -0.05) is 15.9 Å². The molecule has 5 heteroatoms. The number of nitrogens with one attached hydrogen (secondary N) is 1. The molecule has 102 valence electrons. The zero-order valence-corrected chi connectivity index (χ0v) is 12.3. The molecule has 0 spiro atoms. The molecule has 1 aromatic rings. The molecule has 19 heavy (non-hydrogen) atoms. The van der Waals surface area contributed by atoms with Gasteiger partial charge < -0.3 is 14.8 Å². The first kappa shape index (κ1) is 14.3. The van der Waals surface area contributed by atoms with Crippen LogP contribution in [0.3, 0.4) is 0 Å². The van der Waals surface area contributed by atoms with Gasteiger partial charge in [0.2, 0.25) is 0 Å². The average Bonchev–Trinajstić information content (AvgIpc) is 2.93. The van der Waals surface area contributed by atoms with E-state index in [1.54, 1.807) is 0 Å². The van der Waals surface area contributed by atoms with E-state index >= 15 is 0 Å². The van der Waals surface area contributed by atoms with E-state index in [1.165, 1.54) is 0 Å². The van der Waals surface area contributed by atoms with E-state index in [-0.39, 0.29) is 6.10 Å². The van der Waals surface area contributed by atoms with Crippen LogP contribution < -0.4 is 5.32 Å². The topological polar surface area (TPSA) is 54.3 Å². The van der Waals surface area contributed by atoms with Gasteiger partial charge in [0, 0.05) is 24.2 Å².